The molecule has 0 aromatic carbocycles. The Labute approximate surface area is 114 Å². The molecule has 0 N–H and O–H groups in total. The summed E-state index contributed by atoms with van der Waals surface area (Å²) >= 11 is 5.18. The molecule has 0 spiro atoms. The van der Waals surface area contributed by atoms with Gasteiger partial charge in [0, 0.05) is 12.8 Å². The van der Waals surface area contributed by atoms with Crippen molar-refractivity contribution in [3.63, 3.8) is 0 Å². The summed E-state index contributed by atoms with van der Waals surface area (Å²) in [6.07, 6.45) is 3.72. The smallest absolute Gasteiger partial charge is 0.305 e. The molecule has 0 aromatic heterocycles. The molecule has 0 aliphatic heterocycles. The second kappa shape index (κ2) is 11.1. The van der Waals surface area contributed by atoms with E-state index in [-0.39, 0.29) is 11.9 Å². The Morgan fingerprint density at radius 2 is 1.22 bits per heavy atom. The number of carbonyl (C=O) groups is 2. The van der Waals surface area contributed by atoms with E-state index in [1.807, 2.05) is 0 Å². The van der Waals surface area contributed by atoms with Crippen molar-refractivity contribution in [1.29, 1.82) is 0 Å². The molecule has 0 amide bonds. The van der Waals surface area contributed by atoms with Crippen LogP contribution in [0.1, 0.15) is 52.4 Å². The van der Waals surface area contributed by atoms with Gasteiger partial charge in [0.25, 0.3) is 0 Å². The Hall–Kier alpha value is -0.970. The summed E-state index contributed by atoms with van der Waals surface area (Å²) in [6.45, 7) is 4.42. The lowest BCUT2D eigenvalue weighted by Crippen LogP contribution is -2.06. The van der Waals surface area contributed by atoms with Crippen LogP contribution in [0.3, 0.4) is 0 Å². The van der Waals surface area contributed by atoms with E-state index in [2.05, 4.69) is 0 Å². The third-order valence-corrected chi connectivity index (χ3v) is 2.69. The molecule has 0 aliphatic rings. The quantitative estimate of drug-likeness (QED) is 0.453. The first-order valence-electron chi connectivity index (χ1n) is 6.43. The number of rotatable bonds is 10. The molecule has 5 heteroatoms. The Bertz CT molecular complexity index is 250. The molecule has 0 aromatic rings. The van der Waals surface area contributed by atoms with Gasteiger partial charge in [-0.15, -0.1) is 0 Å². The molecule has 0 bridgehead atoms. The van der Waals surface area contributed by atoms with Gasteiger partial charge in [-0.25, -0.2) is 0 Å². The summed E-state index contributed by atoms with van der Waals surface area (Å²) in [4.78, 5) is 23.1. The van der Waals surface area contributed by atoms with Crippen molar-refractivity contribution in [3.05, 3.63) is 0 Å². The molecule has 0 aliphatic carbocycles. The van der Waals surface area contributed by atoms with Crippen molar-refractivity contribution >= 4 is 29.0 Å². The third-order valence-electron chi connectivity index (χ3n) is 2.28. The Morgan fingerprint density at radius 3 is 1.56 bits per heavy atom. The number of hydrogen-bond acceptors (Lipinski definition) is 5. The Kier molecular flexibility index (Phi) is 10.5. The third kappa shape index (κ3) is 10.2. The van der Waals surface area contributed by atoms with Crippen molar-refractivity contribution in [3.8, 4) is 0 Å². The first kappa shape index (κ1) is 17.0. The van der Waals surface area contributed by atoms with Crippen LogP contribution in [0.15, 0.2) is 0 Å². The van der Waals surface area contributed by atoms with Crippen LogP contribution in [0.5, 0.6) is 0 Å². The average molecular weight is 274 g/mol. The number of hydrogen-bond donors (Lipinski definition) is 0. The van der Waals surface area contributed by atoms with Gasteiger partial charge in [0.1, 0.15) is 0 Å². The van der Waals surface area contributed by atoms with Gasteiger partial charge in [0.2, 0.25) is 0 Å². The summed E-state index contributed by atoms with van der Waals surface area (Å²) < 4.78 is 9.64. The van der Waals surface area contributed by atoms with Crippen molar-refractivity contribution in [2.45, 2.75) is 52.4 Å². The van der Waals surface area contributed by atoms with Crippen LogP contribution in [0.25, 0.3) is 0 Å². The summed E-state index contributed by atoms with van der Waals surface area (Å²) in [7, 11) is 0. The maximum Gasteiger partial charge on any atom is 0.305 e. The van der Waals surface area contributed by atoms with Gasteiger partial charge in [0.05, 0.1) is 13.2 Å². The molecule has 0 saturated heterocycles. The van der Waals surface area contributed by atoms with E-state index in [0.29, 0.717) is 26.1 Å². The molecular formula is C13H22O4S. The minimum Gasteiger partial charge on any atom is -0.466 e. The van der Waals surface area contributed by atoms with Crippen LogP contribution in [0, 0.1) is 0 Å². The van der Waals surface area contributed by atoms with Gasteiger partial charge in [-0.1, -0.05) is 12.2 Å². The van der Waals surface area contributed by atoms with E-state index in [4.69, 9.17) is 21.7 Å². The number of carbonyl (C=O) groups excluding carboxylic acids is 2. The zero-order valence-corrected chi connectivity index (χ0v) is 12.0. The molecule has 0 rings (SSSR count). The topological polar surface area (TPSA) is 52.6 Å². The van der Waals surface area contributed by atoms with E-state index in [0.717, 1.165) is 30.5 Å². The average Bonchev–Trinajstić information content (AvgIpc) is 2.29. The number of ether oxygens (including phenoxy) is 2. The Morgan fingerprint density at radius 1 is 0.833 bits per heavy atom. The second-order valence-electron chi connectivity index (χ2n) is 3.86. The van der Waals surface area contributed by atoms with Crippen LogP contribution in [-0.2, 0) is 19.1 Å². The van der Waals surface area contributed by atoms with Gasteiger partial charge in [-0.2, -0.15) is 0 Å². The van der Waals surface area contributed by atoms with E-state index >= 15 is 0 Å². The lowest BCUT2D eigenvalue weighted by atomic mass is 10.1. The summed E-state index contributed by atoms with van der Waals surface area (Å²) in [5.74, 6) is -0.348. The SMILES string of the molecule is CCOC(=O)CCCC(=S)CCCC(=O)OCC. The molecule has 0 fully saturated rings. The number of esters is 2. The highest BCUT2D eigenvalue weighted by Crippen LogP contribution is 2.07. The van der Waals surface area contributed by atoms with E-state index in [1.54, 1.807) is 13.8 Å². The minimum absolute atomic E-state index is 0.174. The molecule has 18 heavy (non-hydrogen) atoms. The fourth-order valence-corrected chi connectivity index (χ4v) is 1.74. The highest BCUT2D eigenvalue weighted by Gasteiger charge is 2.05. The molecule has 0 radical (unpaired) electrons. The monoisotopic (exact) mass is 274 g/mol. The van der Waals surface area contributed by atoms with Crippen LogP contribution in [0.2, 0.25) is 0 Å². The molecule has 0 unspecified atom stereocenters. The predicted molar refractivity (Wildman–Crippen MR) is 73.6 cm³/mol. The van der Waals surface area contributed by atoms with Crippen LogP contribution in [0.4, 0.5) is 0 Å². The van der Waals surface area contributed by atoms with Crippen molar-refractivity contribution in [1.82, 2.24) is 0 Å². The first-order valence-corrected chi connectivity index (χ1v) is 6.83. The van der Waals surface area contributed by atoms with E-state index in [9.17, 15) is 9.59 Å². The molecule has 0 heterocycles. The summed E-state index contributed by atoms with van der Waals surface area (Å²) in [6, 6.07) is 0. The lowest BCUT2D eigenvalue weighted by Gasteiger charge is -2.04. The largest absolute Gasteiger partial charge is 0.466 e. The second-order valence-corrected chi connectivity index (χ2v) is 4.43. The highest BCUT2D eigenvalue weighted by atomic mass is 32.1. The molecular weight excluding hydrogens is 252 g/mol. The Balaban J connectivity index is 3.48. The maximum absolute atomic E-state index is 11.1. The summed E-state index contributed by atoms with van der Waals surface area (Å²) in [5.41, 5.74) is 0. The molecule has 0 atom stereocenters. The lowest BCUT2D eigenvalue weighted by molar-refractivity contribution is -0.144. The maximum atomic E-state index is 11.1. The predicted octanol–water partition coefficient (Wildman–Crippen LogP) is 2.82. The summed E-state index contributed by atoms with van der Waals surface area (Å²) in [5, 5.41) is 0. The molecule has 0 saturated carbocycles. The standard InChI is InChI=1S/C13H22O4S/c1-3-16-12(14)9-5-7-11(18)8-6-10-13(15)17-4-2/h3-10H2,1-2H3. The first-order chi connectivity index (χ1) is 8.60. The van der Waals surface area contributed by atoms with Crippen LogP contribution in [-0.4, -0.2) is 30.0 Å². The zero-order chi connectivity index (χ0) is 13.8. The van der Waals surface area contributed by atoms with E-state index in [1.165, 1.54) is 0 Å². The van der Waals surface area contributed by atoms with Crippen molar-refractivity contribution in [2.24, 2.45) is 0 Å². The van der Waals surface area contributed by atoms with Crippen molar-refractivity contribution < 1.29 is 19.1 Å². The molecule has 104 valence electrons. The number of thiocarbonyl (C=S) groups is 1. The van der Waals surface area contributed by atoms with E-state index < -0.39 is 0 Å². The van der Waals surface area contributed by atoms with Gasteiger partial charge >= 0.3 is 11.9 Å². The van der Waals surface area contributed by atoms with Crippen molar-refractivity contribution in [2.75, 3.05) is 13.2 Å². The fourth-order valence-electron chi connectivity index (χ4n) is 1.45. The van der Waals surface area contributed by atoms with Gasteiger partial charge < -0.3 is 9.47 Å². The fraction of sp³-hybridized carbons (Fsp3) is 0.769. The highest BCUT2D eigenvalue weighted by molar-refractivity contribution is 7.80. The zero-order valence-electron chi connectivity index (χ0n) is 11.2. The van der Waals surface area contributed by atoms with Crippen LogP contribution < -0.4 is 0 Å². The normalized spacial score (nSPS) is 9.89. The minimum atomic E-state index is -0.174. The molecule has 4 nitrogen and oxygen atoms in total. The van der Waals surface area contributed by atoms with Gasteiger partial charge in [-0.3, -0.25) is 9.59 Å². The van der Waals surface area contributed by atoms with Gasteiger partial charge in [0.15, 0.2) is 0 Å². The van der Waals surface area contributed by atoms with Gasteiger partial charge in [-0.05, 0) is 44.4 Å². The van der Waals surface area contributed by atoms with Crippen LogP contribution >= 0.6 is 12.2 Å².